The fourth-order valence-electron chi connectivity index (χ4n) is 4.32. The van der Waals surface area contributed by atoms with Crippen LogP contribution in [0.3, 0.4) is 0 Å². The van der Waals surface area contributed by atoms with Crippen LogP contribution in [0, 0.1) is 10.1 Å². The number of nitro benzene ring substituents is 1. The van der Waals surface area contributed by atoms with Crippen molar-refractivity contribution in [2.45, 2.75) is 56.9 Å². The molecule has 0 spiro atoms. The zero-order valence-corrected chi connectivity index (χ0v) is 17.5. The fraction of sp³-hybridized carbons (Fsp3) is 0.524. The van der Waals surface area contributed by atoms with Crippen molar-refractivity contribution in [2.75, 3.05) is 13.1 Å². The number of nitrogens with zero attached hydrogens (tertiary/aromatic N) is 5. The summed E-state index contributed by atoms with van der Waals surface area (Å²) >= 11 is 0. The molecule has 1 N–H and O–H groups in total. The Morgan fingerprint density at radius 2 is 2.00 bits per heavy atom. The largest absolute Gasteiger partial charge is 0.419 e. The summed E-state index contributed by atoms with van der Waals surface area (Å²) in [7, 11) is 0. The maximum Gasteiger partial charge on any atom is 0.419 e. The van der Waals surface area contributed by atoms with Crippen LogP contribution >= 0.6 is 0 Å². The Bertz CT molecular complexity index is 1210. The van der Waals surface area contributed by atoms with Crippen LogP contribution in [0.1, 0.15) is 62.0 Å². The lowest BCUT2D eigenvalue weighted by atomic mass is 9.96. The summed E-state index contributed by atoms with van der Waals surface area (Å²) in [6.45, 7) is 1.68. The molecule has 2 aliphatic rings. The molecule has 0 bridgehead atoms. The number of aromatic nitrogens is 4. The number of benzene rings is 1. The molecule has 3 heterocycles. The highest BCUT2D eigenvalue weighted by Gasteiger charge is 2.30. The minimum Gasteiger partial charge on any atom is -0.407 e. The Kier molecular flexibility index (Phi) is 5.24. The maximum absolute atomic E-state index is 12.6. The molecule has 0 atom stereocenters. The van der Waals surface area contributed by atoms with E-state index in [1.807, 2.05) is 4.90 Å². The molecule has 0 radical (unpaired) electrons. The molecular formula is C21H24N6O5. The fourth-order valence-corrected chi connectivity index (χ4v) is 4.32. The minimum atomic E-state index is -0.577. The van der Waals surface area contributed by atoms with Crippen molar-refractivity contribution in [1.29, 1.82) is 0 Å². The number of oxazole rings is 1. The number of hydrogen-bond donors (Lipinski definition) is 1. The second kappa shape index (κ2) is 8.21. The van der Waals surface area contributed by atoms with Crippen molar-refractivity contribution in [3.63, 3.8) is 0 Å². The number of piperidine rings is 1. The highest BCUT2D eigenvalue weighted by atomic mass is 16.6. The van der Waals surface area contributed by atoms with Gasteiger partial charge in [-0.1, -0.05) is 0 Å². The molecule has 11 nitrogen and oxygen atoms in total. The van der Waals surface area contributed by atoms with Gasteiger partial charge in [0.15, 0.2) is 11.4 Å². The molecule has 1 aliphatic heterocycles. The molecule has 5 rings (SSSR count). The van der Waals surface area contributed by atoms with Gasteiger partial charge in [0.2, 0.25) is 5.91 Å². The van der Waals surface area contributed by atoms with Gasteiger partial charge in [-0.15, -0.1) is 0 Å². The number of non-ortho nitro benzene ring substituents is 1. The van der Waals surface area contributed by atoms with Crippen LogP contribution in [-0.2, 0) is 11.3 Å². The third-order valence-corrected chi connectivity index (χ3v) is 6.33. The number of nitro groups is 1. The van der Waals surface area contributed by atoms with Crippen molar-refractivity contribution < 1.29 is 14.1 Å². The van der Waals surface area contributed by atoms with E-state index in [2.05, 4.69) is 15.2 Å². The second-order valence-corrected chi connectivity index (χ2v) is 8.54. The first kappa shape index (κ1) is 20.4. The van der Waals surface area contributed by atoms with Gasteiger partial charge in [-0.25, -0.2) is 9.78 Å². The molecule has 1 aliphatic carbocycles. The number of H-pyrrole nitrogens is 1. The molecule has 1 aromatic carbocycles. The summed E-state index contributed by atoms with van der Waals surface area (Å²) < 4.78 is 6.55. The molecule has 2 aromatic heterocycles. The van der Waals surface area contributed by atoms with Gasteiger partial charge in [-0.3, -0.25) is 24.6 Å². The Balaban J connectivity index is 1.13. The number of amides is 1. The number of likely N-dealkylation sites (tertiary alicyclic amines) is 1. The van der Waals surface area contributed by atoms with Crippen molar-refractivity contribution in [3.05, 3.63) is 50.5 Å². The van der Waals surface area contributed by atoms with E-state index < -0.39 is 10.7 Å². The van der Waals surface area contributed by atoms with E-state index in [0.29, 0.717) is 49.8 Å². The van der Waals surface area contributed by atoms with Crippen LogP contribution in [0.25, 0.3) is 11.1 Å². The van der Waals surface area contributed by atoms with Crippen LogP contribution < -0.4 is 5.76 Å². The van der Waals surface area contributed by atoms with E-state index in [9.17, 15) is 19.7 Å². The van der Waals surface area contributed by atoms with E-state index >= 15 is 0 Å². The smallest absolute Gasteiger partial charge is 0.407 e. The summed E-state index contributed by atoms with van der Waals surface area (Å²) in [5.74, 6) is 2.18. The zero-order valence-electron chi connectivity index (χ0n) is 17.5. The van der Waals surface area contributed by atoms with E-state index in [1.165, 1.54) is 35.6 Å². The minimum absolute atomic E-state index is 0.0659. The molecule has 1 amide bonds. The summed E-state index contributed by atoms with van der Waals surface area (Å²) in [6.07, 6.45) is 4.86. The number of rotatable bonds is 7. The predicted octanol–water partition coefficient (Wildman–Crippen LogP) is 2.68. The summed E-state index contributed by atoms with van der Waals surface area (Å²) in [6, 6.07) is 4.08. The molecule has 2 fully saturated rings. The number of carbonyl (C=O) groups is 1. The van der Waals surface area contributed by atoms with Crippen molar-refractivity contribution in [2.24, 2.45) is 0 Å². The first-order valence-electron chi connectivity index (χ1n) is 11.0. The van der Waals surface area contributed by atoms with Crippen molar-refractivity contribution >= 4 is 22.7 Å². The predicted molar refractivity (Wildman–Crippen MR) is 113 cm³/mol. The van der Waals surface area contributed by atoms with E-state index in [0.717, 1.165) is 24.5 Å². The molecule has 1 saturated carbocycles. The number of fused-ring (bicyclic) bond motifs is 1. The summed E-state index contributed by atoms with van der Waals surface area (Å²) in [5.41, 5.74) is 0.535. The normalized spacial score (nSPS) is 17.2. The van der Waals surface area contributed by atoms with E-state index in [-0.39, 0.29) is 17.2 Å². The zero-order chi connectivity index (χ0) is 22.2. The topological polar surface area (TPSA) is 140 Å². The molecule has 0 unspecified atom stereocenters. The second-order valence-electron chi connectivity index (χ2n) is 8.54. The number of hydrogen-bond acceptors (Lipinski definition) is 7. The summed E-state index contributed by atoms with van der Waals surface area (Å²) in [5, 5.41) is 18.3. The third kappa shape index (κ3) is 4.02. The van der Waals surface area contributed by atoms with Crippen LogP contribution in [0.4, 0.5) is 5.69 Å². The lowest BCUT2D eigenvalue weighted by Gasteiger charge is -2.31. The number of nitrogens with one attached hydrogen (secondary N) is 1. The number of aryl methyl sites for hydroxylation is 1. The first-order valence-corrected chi connectivity index (χ1v) is 11.0. The van der Waals surface area contributed by atoms with Gasteiger partial charge in [-0.2, -0.15) is 5.10 Å². The summed E-state index contributed by atoms with van der Waals surface area (Å²) in [4.78, 5) is 41.6. The molecule has 11 heteroatoms. The quantitative estimate of drug-likeness (QED) is 0.440. The maximum atomic E-state index is 12.6. The third-order valence-electron chi connectivity index (χ3n) is 6.33. The van der Waals surface area contributed by atoms with Crippen LogP contribution in [0.5, 0.6) is 0 Å². The van der Waals surface area contributed by atoms with Crippen LogP contribution in [0.2, 0.25) is 0 Å². The van der Waals surface area contributed by atoms with Crippen molar-refractivity contribution in [3.8, 4) is 0 Å². The molecular weight excluding hydrogens is 416 g/mol. The van der Waals surface area contributed by atoms with Gasteiger partial charge in [0.1, 0.15) is 5.82 Å². The van der Waals surface area contributed by atoms with Gasteiger partial charge in [0.25, 0.3) is 5.69 Å². The first-order chi connectivity index (χ1) is 15.5. The molecule has 1 saturated heterocycles. The highest BCUT2D eigenvalue weighted by molar-refractivity contribution is 5.77. The molecule has 3 aromatic rings. The van der Waals surface area contributed by atoms with E-state index in [4.69, 9.17) is 4.42 Å². The molecule has 32 heavy (non-hydrogen) atoms. The Labute approximate surface area is 182 Å². The van der Waals surface area contributed by atoms with E-state index in [1.54, 1.807) is 0 Å². The van der Waals surface area contributed by atoms with Crippen LogP contribution in [-0.4, -0.2) is 48.6 Å². The van der Waals surface area contributed by atoms with Gasteiger partial charge in [-0.05, 0) is 38.2 Å². The Morgan fingerprint density at radius 3 is 2.72 bits per heavy atom. The highest BCUT2D eigenvalue weighted by Crippen LogP contribution is 2.38. The SMILES string of the molecule is O=C(CCCn1c(=O)oc2cc([N+](=O)[O-])ccc21)N1CCC(c2nc(C3CC3)n[nH]2)CC1. The molecule has 168 valence electrons. The van der Waals surface area contributed by atoms with Gasteiger partial charge >= 0.3 is 5.76 Å². The monoisotopic (exact) mass is 440 g/mol. The average molecular weight is 440 g/mol. The van der Waals surface area contributed by atoms with Gasteiger partial charge in [0, 0.05) is 44.0 Å². The number of aromatic amines is 1. The number of carbonyl (C=O) groups excluding carboxylic acids is 1. The lowest BCUT2D eigenvalue weighted by Crippen LogP contribution is -2.38. The van der Waals surface area contributed by atoms with Gasteiger partial charge in [0.05, 0.1) is 16.5 Å². The van der Waals surface area contributed by atoms with Crippen LogP contribution in [0.15, 0.2) is 27.4 Å². The van der Waals surface area contributed by atoms with Gasteiger partial charge < -0.3 is 9.32 Å². The van der Waals surface area contributed by atoms with Crippen molar-refractivity contribution in [1.82, 2.24) is 24.6 Å². The average Bonchev–Trinajstić information content (AvgIpc) is 3.44. The standard InChI is InChI=1S/C21H24N6O5/c28-18(25-10-7-14(8-11-25)20-22-19(23-24-20)13-3-4-13)2-1-9-26-16-6-5-15(27(30)31)12-17(16)32-21(26)29/h5-6,12-14H,1-4,7-11H2,(H,22,23,24). The lowest BCUT2D eigenvalue weighted by molar-refractivity contribution is -0.384. The Morgan fingerprint density at radius 1 is 1.22 bits per heavy atom. The Hall–Kier alpha value is -3.50.